The quantitative estimate of drug-likeness (QED) is 0.795. The predicted molar refractivity (Wildman–Crippen MR) is 95.1 cm³/mol. The molecule has 23 heavy (non-hydrogen) atoms. The monoisotopic (exact) mass is 332 g/mol. The number of ether oxygens (including phenoxy) is 1. The van der Waals surface area contributed by atoms with Gasteiger partial charge < -0.3 is 15.8 Å². The Hall–Kier alpha value is -2.20. The second-order valence-electron chi connectivity index (χ2n) is 5.71. The van der Waals surface area contributed by atoms with Gasteiger partial charge in [-0.15, -0.1) is 0 Å². The predicted octanol–water partition coefficient (Wildman–Crippen LogP) is 4.45. The minimum Gasteiger partial charge on any atom is -0.481 e. The zero-order chi connectivity index (χ0) is 17.0. The molecule has 1 amide bonds. The van der Waals surface area contributed by atoms with Gasteiger partial charge in [-0.05, 0) is 48.7 Å². The zero-order valence-corrected chi connectivity index (χ0v) is 14.2. The van der Waals surface area contributed by atoms with Crippen LogP contribution in [-0.4, -0.2) is 12.0 Å². The molecule has 0 saturated carbocycles. The molecule has 5 heteroatoms. The topological polar surface area (TPSA) is 64.3 Å². The van der Waals surface area contributed by atoms with Crippen molar-refractivity contribution in [3.8, 4) is 5.75 Å². The van der Waals surface area contributed by atoms with E-state index in [0.717, 1.165) is 0 Å². The van der Waals surface area contributed by atoms with Crippen LogP contribution in [0, 0.1) is 0 Å². The first-order chi connectivity index (χ1) is 10.9. The fourth-order valence-corrected chi connectivity index (χ4v) is 2.17. The molecule has 2 rings (SSSR count). The standard InChI is InChI=1S/C18H21ClN2O2/c1-11(2)13-4-7-15(8-5-13)23-12(3)18(22)21-14-6-9-16(19)17(20)10-14/h4-12H,20H2,1-3H3,(H,21,22). The van der Waals surface area contributed by atoms with Crippen molar-refractivity contribution in [3.63, 3.8) is 0 Å². The van der Waals surface area contributed by atoms with Crippen LogP contribution in [-0.2, 0) is 4.79 Å². The zero-order valence-electron chi connectivity index (χ0n) is 13.5. The fraction of sp³-hybridized carbons (Fsp3) is 0.278. The SMILES string of the molecule is CC(Oc1ccc(C(C)C)cc1)C(=O)Nc1ccc(Cl)c(N)c1. The third-order valence-electron chi connectivity index (χ3n) is 3.49. The molecule has 0 aliphatic rings. The van der Waals surface area contributed by atoms with Crippen molar-refractivity contribution in [3.05, 3.63) is 53.1 Å². The number of halogens is 1. The molecule has 0 radical (unpaired) electrons. The summed E-state index contributed by atoms with van der Waals surface area (Å²) in [4.78, 5) is 12.2. The van der Waals surface area contributed by atoms with Crippen LogP contribution in [0.2, 0.25) is 5.02 Å². The van der Waals surface area contributed by atoms with E-state index in [4.69, 9.17) is 22.1 Å². The van der Waals surface area contributed by atoms with E-state index < -0.39 is 6.10 Å². The molecule has 3 N–H and O–H groups in total. The lowest BCUT2D eigenvalue weighted by Crippen LogP contribution is -2.30. The minimum absolute atomic E-state index is 0.250. The van der Waals surface area contributed by atoms with Crippen LogP contribution in [0.4, 0.5) is 11.4 Å². The Morgan fingerprint density at radius 3 is 2.35 bits per heavy atom. The molecule has 0 fully saturated rings. The summed E-state index contributed by atoms with van der Waals surface area (Å²) in [5.41, 5.74) is 7.95. The highest BCUT2D eigenvalue weighted by molar-refractivity contribution is 6.33. The van der Waals surface area contributed by atoms with Crippen molar-refractivity contribution in [1.29, 1.82) is 0 Å². The Kier molecular flexibility index (Phi) is 5.50. The third-order valence-corrected chi connectivity index (χ3v) is 3.84. The van der Waals surface area contributed by atoms with Crippen LogP contribution in [0.1, 0.15) is 32.3 Å². The maximum Gasteiger partial charge on any atom is 0.265 e. The van der Waals surface area contributed by atoms with Gasteiger partial charge in [0.2, 0.25) is 0 Å². The molecular formula is C18H21ClN2O2. The smallest absolute Gasteiger partial charge is 0.265 e. The van der Waals surface area contributed by atoms with Crippen LogP contribution in [0.5, 0.6) is 5.75 Å². The van der Waals surface area contributed by atoms with Crippen molar-refractivity contribution in [2.75, 3.05) is 11.1 Å². The Balaban J connectivity index is 1.97. The lowest BCUT2D eigenvalue weighted by atomic mass is 10.0. The van der Waals surface area contributed by atoms with Crippen molar-refractivity contribution in [1.82, 2.24) is 0 Å². The highest BCUT2D eigenvalue weighted by Gasteiger charge is 2.15. The maximum atomic E-state index is 12.2. The van der Waals surface area contributed by atoms with Gasteiger partial charge in [0.05, 0.1) is 10.7 Å². The maximum absolute atomic E-state index is 12.2. The summed E-state index contributed by atoms with van der Waals surface area (Å²) in [6, 6.07) is 12.7. The van der Waals surface area contributed by atoms with Crippen LogP contribution >= 0.6 is 11.6 Å². The van der Waals surface area contributed by atoms with E-state index in [2.05, 4.69) is 19.2 Å². The van der Waals surface area contributed by atoms with E-state index >= 15 is 0 Å². The third kappa shape index (κ3) is 4.63. The molecule has 0 aromatic heterocycles. The summed E-state index contributed by atoms with van der Waals surface area (Å²) in [5.74, 6) is 0.868. The molecule has 1 unspecified atom stereocenters. The minimum atomic E-state index is -0.628. The summed E-state index contributed by atoms with van der Waals surface area (Å²) in [5, 5.41) is 3.21. The van der Waals surface area contributed by atoms with Crippen molar-refractivity contribution < 1.29 is 9.53 Å². The van der Waals surface area contributed by atoms with E-state index in [-0.39, 0.29) is 5.91 Å². The highest BCUT2D eigenvalue weighted by Crippen LogP contribution is 2.23. The van der Waals surface area contributed by atoms with Gasteiger partial charge >= 0.3 is 0 Å². The van der Waals surface area contributed by atoms with Gasteiger partial charge in [-0.1, -0.05) is 37.6 Å². The van der Waals surface area contributed by atoms with E-state index in [9.17, 15) is 4.79 Å². The Labute approximate surface area is 141 Å². The molecule has 0 bridgehead atoms. The van der Waals surface area contributed by atoms with Gasteiger partial charge in [0.15, 0.2) is 6.10 Å². The summed E-state index contributed by atoms with van der Waals surface area (Å²) >= 11 is 5.86. The average molecular weight is 333 g/mol. The summed E-state index contributed by atoms with van der Waals surface area (Å²) in [7, 11) is 0. The van der Waals surface area contributed by atoms with Crippen LogP contribution in [0.25, 0.3) is 0 Å². The molecular weight excluding hydrogens is 312 g/mol. The van der Waals surface area contributed by atoms with Gasteiger partial charge in [0.1, 0.15) is 5.75 Å². The second-order valence-corrected chi connectivity index (χ2v) is 6.12. The van der Waals surface area contributed by atoms with E-state index in [1.54, 1.807) is 25.1 Å². The largest absolute Gasteiger partial charge is 0.481 e. The van der Waals surface area contributed by atoms with E-state index in [0.29, 0.717) is 28.1 Å². The number of nitrogens with two attached hydrogens (primary N) is 1. The highest BCUT2D eigenvalue weighted by atomic mass is 35.5. The fourth-order valence-electron chi connectivity index (χ4n) is 2.05. The molecule has 0 aliphatic carbocycles. The van der Waals surface area contributed by atoms with Gasteiger partial charge in [-0.2, -0.15) is 0 Å². The Morgan fingerprint density at radius 1 is 1.13 bits per heavy atom. The van der Waals surface area contributed by atoms with Crippen molar-refractivity contribution in [2.24, 2.45) is 0 Å². The number of nitrogen functional groups attached to an aromatic ring is 1. The number of amides is 1. The first-order valence-corrected chi connectivity index (χ1v) is 7.87. The first kappa shape index (κ1) is 17.2. The molecule has 122 valence electrons. The molecule has 2 aromatic rings. The van der Waals surface area contributed by atoms with Gasteiger partial charge in [0, 0.05) is 5.69 Å². The van der Waals surface area contributed by atoms with Crippen LogP contribution in [0.3, 0.4) is 0 Å². The molecule has 4 nitrogen and oxygen atoms in total. The normalized spacial score (nSPS) is 12.0. The van der Waals surface area contributed by atoms with Crippen LogP contribution < -0.4 is 15.8 Å². The molecule has 0 aliphatic heterocycles. The number of benzene rings is 2. The summed E-state index contributed by atoms with van der Waals surface area (Å²) < 4.78 is 5.67. The second kappa shape index (κ2) is 7.38. The Morgan fingerprint density at radius 2 is 1.78 bits per heavy atom. The molecule has 1 atom stereocenters. The first-order valence-electron chi connectivity index (χ1n) is 7.49. The van der Waals surface area contributed by atoms with Gasteiger partial charge in [-0.25, -0.2) is 0 Å². The number of nitrogens with one attached hydrogen (secondary N) is 1. The summed E-state index contributed by atoms with van der Waals surface area (Å²) in [6.07, 6.45) is -0.628. The number of carbonyl (C=O) groups is 1. The molecule has 2 aromatic carbocycles. The molecule has 0 heterocycles. The van der Waals surface area contributed by atoms with Crippen molar-refractivity contribution >= 4 is 28.9 Å². The summed E-state index contributed by atoms with van der Waals surface area (Å²) in [6.45, 7) is 5.96. The molecule has 0 saturated heterocycles. The Bertz CT molecular complexity index is 684. The number of anilines is 2. The number of rotatable bonds is 5. The average Bonchev–Trinajstić information content (AvgIpc) is 2.51. The van der Waals surface area contributed by atoms with Gasteiger partial charge in [0.25, 0.3) is 5.91 Å². The van der Waals surface area contributed by atoms with E-state index in [1.807, 2.05) is 24.3 Å². The lowest BCUT2D eigenvalue weighted by Gasteiger charge is -2.16. The van der Waals surface area contributed by atoms with E-state index in [1.165, 1.54) is 5.56 Å². The number of carbonyl (C=O) groups excluding carboxylic acids is 1. The van der Waals surface area contributed by atoms with Gasteiger partial charge in [-0.3, -0.25) is 4.79 Å². The number of hydrogen-bond donors (Lipinski definition) is 2. The lowest BCUT2D eigenvalue weighted by molar-refractivity contribution is -0.122. The van der Waals surface area contributed by atoms with Crippen molar-refractivity contribution in [2.45, 2.75) is 32.8 Å². The molecule has 0 spiro atoms. The number of hydrogen-bond acceptors (Lipinski definition) is 3. The van der Waals surface area contributed by atoms with Crippen LogP contribution in [0.15, 0.2) is 42.5 Å².